The highest BCUT2D eigenvalue weighted by molar-refractivity contribution is 6.01. The van der Waals surface area contributed by atoms with Gasteiger partial charge in [-0.15, -0.1) is 0 Å². The van der Waals surface area contributed by atoms with Gasteiger partial charge in [0.05, 0.1) is 11.6 Å². The van der Waals surface area contributed by atoms with Crippen molar-refractivity contribution in [1.82, 2.24) is 5.32 Å². The molecule has 1 amide bonds. The molecule has 0 bridgehead atoms. The molecule has 1 aliphatic heterocycles. The molecule has 18 heavy (non-hydrogen) atoms. The number of halogens is 1. The molecule has 1 fully saturated rings. The summed E-state index contributed by atoms with van der Waals surface area (Å²) >= 11 is 0. The average Bonchev–Trinajstić information content (AvgIpc) is 2.81. The minimum absolute atomic E-state index is 0.000556. The van der Waals surface area contributed by atoms with Gasteiger partial charge in [0.2, 0.25) is 5.91 Å². The standard InChI is InChI=1S/C12H13FN2O3/c13-8-2-1-3-9(10(8)12(17)18)15-11(16)7-4-5-14-6-7/h1-3,7,14H,4-6H2,(H,15,16)(H,17,18). The van der Waals surface area contributed by atoms with Gasteiger partial charge in [-0.3, -0.25) is 4.79 Å². The summed E-state index contributed by atoms with van der Waals surface area (Å²) in [6.07, 6.45) is 0.698. The van der Waals surface area contributed by atoms with Crippen LogP contribution in [0.15, 0.2) is 18.2 Å². The van der Waals surface area contributed by atoms with Crippen molar-refractivity contribution in [2.45, 2.75) is 6.42 Å². The number of hydrogen-bond donors (Lipinski definition) is 3. The van der Waals surface area contributed by atoms with E-state index in [1.165, 1.54) is 12.1 Å². The van der Waals surface area contributed by atoms with Crippen LogP contribution in [0.4, 0.5) is 10.1 Å². The van der Waals surface area contributed by atoms with Crippen LogP contribution < -0.4 is 10.6 Å². The van der Waals surface area contributed by atoms with E-state index in [2.05, 4.69) is 10.6 Å². The molecule has 0 saturated carbocycles. The summed E-state index contributed by atoms with van der Waals surface area (Å²) in [5, 5.41) is 14.4. The molecule has 6 heteroatoms. The Labute approximate surface area is 103 Å². The van der Waals surface area contributed by atoms with Crippen LogP contribution in [0.5, 0.6) is 0 Å². The van der Waals surface area contributed by atoms with E-state index < -0.39 is 17.3 Å². The van der Waals surface area contributed by atoms with Gasteiger partial charge in [0.15, 0.2) is 0 Å². The van der Waals surface area contributed by atoms with Crippen LogP contribution in [0.25, 0.3) is 0 Å². The van der Waals surface area contributed by atoms with Gasteiger partial charge in [-0.1, -0.05) is 6.07 Å². The molecular formula is C12H13FN2O3. The largest absolute Gasteiger partial charge is 0.478 e. The molecule has 96 valence electrons. The molecule has 1 heterocycles. The van der Waals surface area contributed by atoms with E-state index in [0.717, 1.165) is 12.6 Å². The molecule has 0 radical (unpaired) electrons. The molecule has 2 rings (SSSR count). The van der Waals surface area contributed by atoms with Crippen molar-refractivity contribution >= 4 is 17.6 Å². The Morgan fingerprint density at radius 1 is 1.44 bits per heavy atom. The highest BCUT2D eigenvalue weighted by Gasteiger charge is 2.24. The number of aromatic carboxylic acids is 1. The quantitative estimate of drug-likeness (QED) is 0.752. The zero-order valence-electron chi connectivity index (χ0n) is 9.57. The molecule has 0 spiro atoms. The Hall–Kier alpha value is -1.95. The second-order valence-electron chi connectivity index (χ2n) is 4.15. The van der Waals surface area contributed by atoms with E-state index in [0.29, 0.717) is 13.0 Å². The van der Waals surface area contributed by atoms with Crippen molar-refractivity contribution in [3.63, 3.8) is 0 Å². The lowest BCUT2D eigenvalue weighted by Crippen LogP contribution is -2.25. The molecule has 1 saturated heterocycles. The second kappa shape index (κ2) is 5.14. The Kier molecular flexibility index (Phi) is 3.57. The fourth-order valence-corrected chi connectivity index (χ4v) is 1.96. The third-order valence-corrected chi connectivity index (χ3v) is 2.92. The third-order valence-electron chi connectivity index (χ3n) is 2.92. The monoisotopic (exact) mass is 252 g/mol. The number of amides is 1. The summed E-state index contributed by atoms with van der Waals surface area (Å²) in [7, 11) is 0. The number of carbonyl (C=O) groups is 2. The van der Waals surface area contributed by atoms with Crippen molar-refractivity contribution in [2.75, 3.05) is 18.4 Å². The molecular weight excluding hydrogens is 239 g/mol. The van der Waals surface area contributed by atoms with E-state index in [1.54, 1.807) is 0 Å². The molecule has 1 aliphatic rings. The van der Waals surface area contributed by atoms with Crippen LogP contribution in [-0.2, 0) is 4.79 Å². The zero-order chi connectivity index (χ0) is 13.1. The van der Waals surface area contributed by atoms with Gasteiger partial charge in [-0.05, 0) is 25.1 Å². The maximum absolute atomic E-state index is 13.4. The van der Waals surface area contributed by atoms with Crippen LogP contribution >= 0.6 is 0 Å². The summed E-state index contributed by atoms with van der Waals surface area (Å²) in [4.78, 5) is 22.8. The van der Waals surface area contributed by atoms with Gasteiger partial charge < -0.3 is 15.7 Å². The van der Waals surface area contributed by atoms with Gasteiger partial charge in [-0.2, -0.15) is 0 Å². The van der Waals surface area contributed by atoms with Gasteiger partial charge in [0.25, 0.3) is 0 Å². The summed E-state index contributed by atoms with van der Waals surface area (Å²) in [6, 6.07) is 3.80. The van der Waals surface area contributed by atoms with Crippen LogP contribution in [0.2, 0.25) is 0 Å². The van der Waals surface area contributed by atoms with Crippen LogP contribution in [0, 0.1) is 11.7 Å². The maximum atomic E-state index is 13.4. The highest BCUT2D eigenvalue weighted by Crippen LogP contribution is 2.20. The number of rotatable bonds is 3. The van der Waals surface area contributed by atoms with E-state index in [-0.39, 0.29) is 17.5 Å². The predicted molar refractivity (Wildman–Crippen MR) is 63.0 cm³/mol. The minimum Gasteiger partial charge on any atom is -0.478 e. The Morgan fingerprint density at radius 3 is 2.83 bits per heavy atom. The number of hydrogen-bond acceptors (Lipinski definition) is 3. The number of carboxylic acid groups (broad SMARTS) is 1. The van der Waals surface area contributed by atoms with Crippen molar-refractivity contribution in [2.24, 2.45) is 5.92 Å². The molecule has 1 aromatic rings. The van der Waals surface area contributed by atoms with Crippen LogP contribution in [-0.4, -0.2) is 30.1 Å². The van der Waals surface area contributed by atoms with Crippen molar-refractivity contribution in [1.29, 1.82) is 0 Å². The smallest absolute Gasteiger partial charge is 0.340 e. The summed E-state index contributed by atoms with van der Waals surface area (Å²) < 4.78 is 13.4. The lowest BCUT2D eigenvalue weighted by Gasteiger charge is -2.12. The van der Waals surface area contributed by atoms with Crippen molar-refractivity contribution < 1.29 is 19.1 Å². The van der Waals surface area contributed by atoms with E-state index in [4.69, 9.17) is 5.11 Å². The Bertz CT molecular complexity index is 484. The first kappa shape index (κ1) is 12.5. The number of nitrogens with one attached hydrogen (secondary N) is 2. The third kappa shape index (κ3) is 2.48. The SMILES string of the molecule is O=C(O)c1c(F)cccc1NC(=O)C1CCNC1. The first-order valence-corrected chi connectivity index (χ1v) is 5.63. The first-order valence-electron chi connectivity index (χ1n) is 5.63. The minimum atomic E-state index is -1.40. The molecule has 1 unspecified atom stereocenters. The molecule has 5 nitrogen and oxygen atoms in total. The predicted octanol–water partition coefficient (Wildman–Crippen LogP) is 1.07. The van der Waals surface area contributed by atoms with Crippen molar-refractivity contribution in [3.8, 4) is 0 Å². The van der Waals surface area contributed by atoms with Crippen LogP contribution in [0.3, 0.4) is 0 Å². The molecule has 0 aromatic heterocycles. The van der Waals surface area contributed by atoms with E-state index >= 15 is 0 Å². The van der Waals surface area contributed by atoms with E-state index in [1.807, 2.05) is 0 Å². The molecule has 0 aliphatic carbocycles. The molecule has 1 atom stereocenters. The zero-order valence-corrected chi connectivity index (χ0v) is 9.57. The second-order valence-corrected chi connectivity index (χ2v) is 4.15. The number of carboxylic acids is 1. The number of anilines is 1. The Morgan fingerprint density at radius 2 is 2.22 bits per heavy atom. The lowest BCUT2D eigenvalue weighted by molar-refractivity contribution is -0.119. The normalized spacial score (nSPS) is 18.6. The van der Waals surface area contributed by atoms with Gasteiger partial charge >= 0.3 is 5.97 Å². The first-order chi connectivity index (χ1) is 8.59. The fourth-order valence-electron chi connectivity index (χ4n) is 1.96. The molecule has 3 N–H and O–H groups in total. The fraction of sp³-hybridized carbons (Fsp3) is 0.333. The average molecular weight is 252 g/mol. The number of carbonyl (C=O) groups excluding carboxylic acids is 1. The molecule has 1 aromatic carbocycles. The summed E-state index contributed by atoms with van der Waals surface area (Å²) in [5.41, 5.74) is -0.504. The van der Waals surface area contributed by atoms with E-state index in [9.17, 15) is 14.0 Å². The lowest BCUT2D eigenvalue weighted by atomic mass is 10.1. The number of benzene rings is 1. The van der Waals surface area contributed by atoms with Gasteiger partial charge in [0.1, 0.15) is 11.4 Å². The van der Waals surface area contributed by atoms with Crippen molar-refractivity contribution in [3.05, 3.63) is 29.6 Å². The van der Waals surface area contributed by atoms with Gasteiger partial charge in [0, 0.05) is 6.54 Å². The van der Waals surface area contributed by atoms with Gasteiger partial charge in [-0.25, -0.2) is 9.18 Å². The summed E-state index contributed by atoms with van der Waals surface area (Å²) in [6.45, 7) is 1.32. The highest BCUT2D eigenvalue weighted by atomic mass is 19.1. The maximum Gasteiger partial charge on any atom is 0.340 e. The topological polar surface area (TPSA) is 78.4 Å². The van der Waals surface area contributed by atoms with Crippen LogP contribution in [0.1, 0.15) is 16.8 Å². The summed E-state index contributed by atoms with van der Waals surface area (Å²) in [5.74, 6) is -2.74. The Balaban J connectivity index is 2.20.